The van der Waals surface area contributed by atoms with E-state index < -0.39 is 24.3 Å². The Morgan fingerprint density at radius 1 is 0.917 bits per heavy atom. The summed E-state index contributed by atoms with van der Waals surface area (Å²) >= 11 is 0. The number of aryl methyl sites for hydroxylation is 1. The number of nitrogen functional groups attached to an aromatic ring is 1. The standard InChI is InChI=1S/C26H19N3O7/c1-3-34-26(33)18-12(2)36-24-20(18)23(27)28-17(29-24)11-35-25(32)16-10-6-9-15-19(16)22(31)14-8-5-4-7-13(14)21(15)30/h4-10H,3,11H2,1-2H3,(H2,27,28,29). The number of ketones is 2. The number of furan rings is 1. The van der Waals surface area contributed by atoms with Gasteiger partial charge < -0.3 is 19.6 Å². The second-order valence-electron chi connectivity index (χ2n) is 7.97. The molecule has 1 aliphatic carbocycles. The minimum atomic E-state index is -0.836. The van der Waals surface area contributed by atoms with Crippen LogP contribution in [-0.4, -0.2) is 40.1 Å². The van der Waals surface area contributed by atoms with E-state index in [-0.39, 0.29) is 74.3 Å². The number of fused-ring (bicyclic) bond motifs is 3. The molecule has 0 fully saturated rings. The number of ether oxygens (including phenoxy) is 2. The maximum Gasteiger partial charge on any atom is 0.342 e. The normalized spacial score (nSPS) is 12.3. The van der Waals surface area contributed by atoms with Gasteiger partial charge in [-0.25, -0.2) is 14.6 Å². The number of aromatic nitrogens is 2. The average molecular weight is 485 g/mol. The van der Waals surface area contributed by atoms with Crippen LogP contribution in [0.2, 0.25) is 0 Å². The summed E-state index contributed by atoms with van der Waals surface area (Å²) in [6, 6.07) is 10.9. The Balaban J connectivity index is 1.43. The monoisotopic (exact) mass is 485 g/mol. The highest BCUT2D eigenvalue weighted by molar-refractivity contribution is 6.30. The molecule has 0 aliphatic heterocycles. The van der Waals surface area contributed by atoms with Gasteiger partial charge in [0.25, 0.3) is 0 Å². The molecule has 2 aromatic heterocycles. The first-order valence-electron chi connectivity index (χ1n) is 11.0. The van der Waals surface area contributed by atoms with E-state index in [2.05, 4.69) is 9.97 Å². The first-order chi connectivity index (χ1) is 17.3. The van der Waals surface area contributed by atoms with Crippen molar-refractivity contribution in [1.82, 2.24) is 9.97 Å². The van der Waals surface area contributed by atoms with Crippen LogP contribution in [0.5, 0.6) is 0 Å². The van der Waals surface area contributed by atoms with Crippen LogP contribution in [-0.2, 0) is 16.1 Å². The molecule has 4 aromatic rings. The number of rotatable bonds is 5. The Hall–Kier alpha value is -4.86. The van der Waals surface area contributed by atoms with E-state index in [0.29, 0.717) is 0 Å². The third-order valence-corrected chi connectivity index (χ3v) is 5.79. The van der Waals surface area contributed by atoms with Gasteiger partial charge in [-0.2, -0.15) is 4.98 Å². The van der Waals surface area contributed by atoms with E-state index in [1.807, 2.05) is 0 Å². The minimum Gasteiger partial charge on any atom is -0.462 e. The second kappa shape index (κ2) is 8.73. The van der Waals surface area contributed by atoms with Gasteiger partial charge in [0, 0.05) is 22.3 Å². The molecular formula is C26H19N3O7. The number of anilines is 1. The van der Waals surface area contributed by atoms with Crippen LogP contribution in [0.3, 0.4) is 0 Å². The molecule has 0 saturated carbocycles. The number of benzene rings is 2. The van der Waals surface area contributed by atoms with Crippen LogP contribution < -0.4 is 5.73 Å². The molecule has 2 N–H and O–H groups in total. The van der Waals surface area contributed by atoms with Crippen molar-refractivity contribution in [1.29, 1.82) is 0 Å². The molecule has 10 heteroatoms. The van der Waals surface area contributed by atoms with Gasteiger partial charge in [-0.15, -0.1) is 0 Å². The zero-order chi connectivity index (χ0) is 25.6. The van der Waals surface area contributed by atoms with Crippen LogP contribution in [0.4, 0.5) is 5.82 Å². The number of hydrogen-bond acceptors (Lipinski definition) is 10. The first-order valence-corrected chi connectivity index (χ1v) is 11.0. The summed E-state index contributed by atoms with van der Waals surface area (Å²) in [5.41, 5.74) is 6.81. The van der Waals surface area contributed by atoms with Crippen LogP contribution in [0.1, 0.15) is 71.1 Å². The molecule has 0 spiro atoms. The van der Waals surface area contributed by atoms with E-state index in [9.17, 15) is 19.2 Å². The summed E-state index contributed by atoms with van der Waals surface area (Å²) < 4.78 is 16.0. The van der Waals surface area contributed by atoms with Gasteiger partial charge in [0.2, 0.25) is 5.71 Å². The lowest BCUT2D eigenvalue weighted by Gasteiger charge is -2.19. The van der Waals surface area contributed by atoms with Gasteiger partial charge >= 0.3 is 11.9 Å². The van der Waals surface area contributed by atoms with Crippen molar-refractivity contribution in [2.75, 3.05) is 12.3 Å². The largest absolute Gasteiger partial charge is 0.462 e. The maximum absolute atomic E-state index is 13.1. The Kier molecular flexibility index (Phi) is 5.56. The highest BCUT2D eigenvalue weighted by atomic mass is 16.5. The molecular weight excluding hydrogens is 466 g/mol. The zero-order valence-electron chi connectivity index (χ0n) is 19.3. The fraction of sp³-hybridized carbons (Fsp3) is 0.154. The molecule has 10 nitrogen and oxygen atoms in total. The molecule has 2 aromatic carbocycles. The average Bonchev–Trinajstić information content (AvgIpc) is 3.22. The quantitative estimate of drug-likeness (QED) is 0.367. The lowest BCUT2D eigenvalue weighted by Crippen LogP contribution is -2.24. The Morgan fingerprint density at radius 2 is 1.61 bits per heavy atom. The lowest BCUT2D eigenvalue weighted by atomic mass is 9.82. The Morgan fingerprint density at radius 3 is 2.33 bits per heavy atom. The number of hydrogen-bond donors (Lipinski definition) is 1. The predicted molar refractivity (Wildman–Crippen MR) is 126 cm³/mol. The lowest BCUT2D eigenvalue weighted by molar-refractivity contribution is 0.0459. The molecule has 0 radical (unpaired) electrons. The van der Waals surface area contributed by atoms with Gasteiger partial charge in [0.05, 0.1) is 17.6 Å². The number of esters is 2. The SMILES string of the molecule is CCOC(=O)c1c(C)oc2nc(COC(=O)c3cccc4c3C(=O)c3ccccc3C4=O)nc(N)c12. The molecule has 36 heavy (non-hydrogen) atoms. The molecule has 0 saturated heterocycles. The zero-order valence-corrected chi connectivity index (χ0v) is 19.3. The van der Waals surface area contributed by atoms with Crippen molar-refractivity contribution in [3.8, 4) is 0 Å². The number of nitrogens with zero attached hydrogens (tertiary/aromatic N) is 2. The van der Waals surface area contributed by atoms with E-state index in [0.717, 1.165) is 0 Å². The van der Waals surface area contributed by atoms with Crippen LogP contribution in [0.15, 0.2) is 46.9 Å². The Bertz CT molecular complexity index is 1600. The molecule has 0 unspecified atom stereocenters. The van der Waals surface area contributed by atoms with E-state index >= 15 is 0 Å². The van der Waals surface area contributed by atoms with Gasteiger partial charge in [0.1, 0.15) is 17.1 Å². The van der Waals surface area contributed by atoms with Crippen LogP contribution in [0.25, 0.3) is 11.1 Å². The molecule has 2 heterocycles. The second-order valence-corrected chi connectivity index (χ2v) is 7.97. The van der Waals surface area contributed by atoms with Crippen molar-refractivity contribution < 1.29 is 33.1 Å². The topological polar surface area (TPSA) is 152 Å². The molecule has 0 amide bonds. The molecule has 180 valence electrons. The third-order valence-electron chi connectivity index (χ3n) is 5.79. The van der Waals surface area contributed by atoms with Crippen LogP contribution >= 0.6 is 0 Å². The van der Waals surface area contributed by atoms with Crippen molar-refractivity contribution in [3.05, 3.63) is 87.4 Å². The summed E-state index contributed by atoms with van der Waals surface area (Å²) in [7, 11) is 0. The third kappa shape index (κ3) is 3.59. The maximum atomic E-state index is 13.1. The highest BCUT2D eigenvalue weighted by Crippen LogP contribution is 2.31. The van der Waals surface area contributed by atoms with Gasteiger partial charge in [-0.3, -0.25) is 9.59 Å². The summed E-state index contributed by atoms with van der Waals surface area (Å²) in [4.78, 5) is 59.6. The van der Waals surface area contributed by atoms with Crippen molar-refractivity contribution >= 4 is 40.4 Å². The highest BCUT2D eigenvalue weighted by Gasteiger charge is 2.33. The number of nitrogens with two attached hydrogens (primary N) is 1. The van der Waals surface area contributed by atoms with Gasteiger partial charge in [-0.1, -0.05) is 36.4 Å². The fourth-order valence-electron chi connectivity index (χ4n) is 4.22. The summed E-state index contributed by atoms with van der Waals surface area (Å²) in [5, 5.41) is 0.209. The summed E-state index contributed by atoms with van der Waals surface area (Å²) in [6.45, 7) is 3.02. The molecule has 5 rings (SSSR count). The number of carbonyl (C=O) groups is 4. The first kappa shape index (κ1) is 22.9. The van der Waals surface area contributed by atoms with Crippen molar-refractivity contribution in [2.45, 2.75) is 20.5 Å². The molecule has 1 aliphatic rings. The summed E-state index contributed by atoms with van der Waals surface area (Å²) in [6.07, 6.45) is 0. The van der Waals surface area contributed by atoms with Crippen molar-refractivity contribution in [2.24, 2.45) is 0 Å². The molecule has 0 bridgehead atoms. The van der Waals surface area contributed by atoms with E-state index in [1.165, 1.54) is 18.2 Å². The summed E-state index contributed by atoms with van der Waals surface area (Å²) in [5.74, 6) is -1.99. The van der Waals surface area contributed by atoms with Gasteiger partial charge in [0.15, 0.2) is 24.0 Å². The van der Waals surface area contributed by atoms with E-state index in [4.69, 9.17) is 19.6 Å². The van der Waals surface area contributed by atoms with Crippen LogP contribution in [0, 0.1) is 6.92 Å². The van der Waals surface area contributed by atoms with E-state index in [1.54, 1.807) is 38.1 Å². The fourth-order valence-corrected chi connectivity index (χ4v) is 4.22. The smallest absolute Gasteiger partial charge is 0.342 e. The predicted octanol–water partition coefficient (Wildman–Crippen LogP) is 3.42. The van der Waals surface area contributed by atoms with Crippen molar-refractivity contribution in [3.63, 3.8) is 0 Å². The van der Waals surface area contributed by atoms with Gasteiger partial charge in [-0.05, 0) is 19.9 Å². The number of carbonyl (C=O) groups excluding carboxylic acids is 4. The minimum absolute atomic E-state index is 0.0113. The Labute approximate surface area is 204 Å². The molecule has 0 atom stereocenters.